The predicted molar refractivity (Wildman–Crippen MR) is 71.0 cm³/mol. The molecule has 1 unspecified atom stereocenters. The van der Waals surface area contributed by atoms with E-state index in [9.17, 15) is 9.90 Å². The molecule has 1 aliphatic rings. The molecule has 1 aliphatic heterocycles. The van der Waals surface area contributed by atoms with E-state index in [0.29, 0.717) is 31.0 Å². The van der Waals surface area contributed by atoms with Crippen LogP contribution in [0, 0.1) is 0 Å². The van der Waals surface area contributed by atoms with E-state index in [4.69, 9.17) is 4.52 Å². The van der Waals surface area contributed by atoms with Crippen molar-refractivity contribution in [2.24, 2.45) is 0 Å². The second kappa shape index (κ2) is 4.47. The third-order valence-corrected chi connectivity index (χ3v) is 4.12. The first kappa shape index (κ1) is 12.4. The van der Waals surface area contributed by atoms with E-state index in [1.807, 2.05) is 17.5 Å². The maximum absolute atomic E-state index is 12.2. The highest BCUT2D eigenvalue weighted by atomic mass is 32.1. The van der Waals surface area contributed by atoms with Crippen molar-refractivity contribution in [3.63, 3.8) is 0 Å². The molecule has 1 N–H and O–H groups in total. The summed E-state index contributed by atoms with van der Waals surface area (Å²) in [6, 6.07) is 5.49. The van der Waals surface area contributed by atoms with Crippen LogP contribution in [0.1, 0.15) is 23.8 Å². The SMILES string of the molecule is CC1(O)CCN(C(=O)c2cc(-c3cccs3)on2)C1. The molecule has 2 aromatic rings. The Morgan fingerprint density at radius 3 is 3.11 bits per heavy atom. The van der Waals surface area contributed by atoms with Crippen LogP contribution in [0.5, 0.6) is 0 Å². The summed E-state index contributed by atoms with van der Waals surface area (Å²) in [5.74, 6) is 0.411. The molecule has 1 atom stereocenters. The molecule has 2 aromatic heterocycles. The number of β-amino-alcohol motifs (C(OH)–C–C–N with tert-alkyl or cyclic N) is 1. The van der Waals surface area contributed by atoms with E-state index in [1.54, 1.807) is 17.9 Å². The highest BCUT2D eigenvalue weighted by Crippen LogP contribution is 2.27. The number of amides is 1. The van der Waals surface area contributed by atoms with Gasteiger partial charge in [0.2, 0.25) is 0 Å². The highest BCUT2D eigenvalue weighted by molar-refractivity contribution is 7.13. The normalized spacial score (nSPS) is 22.9. The van der Waals surface area contributed by atoms with Crippen molar-refractivity contribution < 1.29 is 14.4 Å². The van der Waals surface area contributed by atoms with Crippen molar-refractivity contribution in [2.75, 3.05) is 13.1 Å². The van der Waals surface area contributed by atoms with Crippen molar-refractivity contribution in [3.8, 4) is 10.6 Å². The van der Waals surface area contributed by atoms with Crippen LogP contribution in [0.4, 0.5) is 0 Å². The molecule has 19 heavy (non-hydrogen) atoms. The third kappa shape index (κ3) is 2.41. The fourth-order valence-electron chi connectivity index (χ4n) is 2.19. The molecule has 0 aliphatic carbocycles. The number of rotatable bonds is 2. The summed E-state index contributed by atoms with van der Waals surface area (Å²) in [6.07, 6.45) is 0.592. The van der Waals surface area contributed by atoms with Gasteiger partial charge in [0.15, 0.2) is 11.5 Å². The van der Waals surface area contributed by atoms with E-state index in [0.717, 1.165) is 4.88 Å². The zero-order chi connectivity index (χ0) is 13.5. The smallest absolute Gasteiger partial charge is 0.276 e. The number of thiophene rings is 1. The molecule has 3 rings (SSSR count). The standard InChI is InChI=1S/C13H14N2O3S/c1-13(17)4-5-15(8-13)12(16)9-7-10(18-14-9)11-3-2-6-19-11/h2-3,6-7,17H,4-5,8H2,1H3. The topological polar surface area (TPSA) is 66.6 Å². The van der Waals surface area contributed by atoms with Gasteiger partial charge >= 0.3 is 0 Å². The molecule has 6 heteroatoms. The van der Waals surface area contributed by atoms with Gasteiger partial charge in [0.1, 0.15) is 0 Å². The molecule has 1 saturated heterocycles. The van der Waals surface area contributed by atoms with Crippen LogP contribution < -0.4 is 0 Å². The van der Waals surface area contributed by atoms with Gasteiger partial charge in [-0.15, -0.1) is 11.3 Å². The minimum absolute atomic E-state index is 0.190. The van der Waals surface area contributed by atoms with Gasteiger partial charge in [0, 0.05) is 19.2 Å². The third-order valence-electron chi connectivity index (χ3n) is 3.23. The summed E-state index contributed by atoms with van der Waals surface area (Å²) in [5, 5.41) is 15.6. The Hall–Kier alpha value is -1.66. The fourth-order valence-corrected chi connectivity index (χ4v) is 2.86. The summed E-state index contributed by atoms with van der Waals surface area (Å²) >= 11 is 1.53. The van der Waals surface area contributed by atoms with Gasteiger partial charge in [-0.25, -0.2) is 0 Å². The molecule has 1 amide bonds. The molecule has 5 nitrogen and oxygen atoms in total. The lowest BCUT2D eigenvalue weighted by Gasteiger charge is -2.17. The second-order valence-electron chi connectivity index (χ2n) is 5.03. The van der Waals surface area contributed by atoms with Gasteiger partial charge < -0.3 is 14.5 Å². The van der Waals surface area contributed by atoms with Gasteiger partial charge in [0.25, 0.3) is 5.91 Å². The second-order valence-corrected chi connectivity index (χ2v) is 5.98. The Morgan fingerprint density at radius 2 is 2.47 bits per heavy atom. The molecular weight excluding hydrogens is 264 g/mol. The Labute approximate surface area is 114 Å². The van der Waals surface area contributed by atoms with E-state index in [1.165, 1.54) is 11.3 Å². The number of aromatic nitrogens is 1. The van der Waals surface area contributed by atoms with E-state index >= 15 is 0 Å². The van der Waals surface area contributed by atoms with Crippen molar-refractivity contribution in [2.45, 2.75) is 18.9 Å². The van der Waals surface area contributed by atoms with Gasteiger partial charge in [-0.1, -0.05) is 11.2 Å². The molecule has 100 valence electrons. The molecule has 3 heterocycles. The first-order valence-electron chi connectivity index (χ1n) is 6.07. The van der Waals surface area contributed by atoms with Crippen LogP contribution in [-0.2, 0) is 0 Å². The maximum atomic E-state index is 12.2. The highest BCUT2D eigenvalue weighted by Gasteiger charge is 2.35. The predicted octanol–water partition coefficient (Wildman–Crippen LogP) is 2.00. The number of carbonyl (C=O) groups is 1. The Balaban J connectivity index is 1.78. The Morgan fingerprint density at radius 1 is 1.63 bits per heavy atom. The molecule has 1 fully saturated rings. The van der Waals surface area contributed by atoms with Crippen LogP contribution in [0.15, 0.2) is 28.1 Å². The minimum atomic E-state index is -0.796. The van der Waals surface area contributed by atoms with Crippen molar-refractivity contribution >= 4 is 17.2 Å². The zero-order valence-electron chi connectivity index (χ0n) is 10.5. The quantitative estimate of drug-likeness (QED) is 0.912. The number of nitrogens with zero attached hydrogens (tertiary/aromatic N) is 2. The molecule has 0 bridgehead atoms. The van der Waals surface area contributed by atoms with E-state index < -0.39 is 5.60 Å². The first-order valence-corrected chi connectivity index (χ1v) is 6.95. The zero-order valence-corrected chi connectivity index (χ0v) is 11.3. The molecule has 0 spiro atoms. The van der Waals surface area contributed by atoms with E-state index in [-0.39, 0.29) is 5.91 Å². The average Bonchev–Trinajstić information content (AvgIpc) is 3.06. The first-order chi connectivity index (χ1) is 9.05. The van der Waals surface area contributed by atoms with Crippen molar-refractivity contribution in [3.05, 3.63) is 29.3 Å². The molecule has 0 radical (unpaired) electrons. The molecule has 0 saturated carbocycles. The van der Waals surface area contributed by atoms with Crippen LogP contribution in [-0.4, -0.2) is 39.8 Å². The summed E-state index contributed by atoms with van der Waals surface area (Å²) in [4.78, 5) is 14.8. The summed E-state index contributed by atoms with van der Waals surface area (Å²) in [5.41, 5.74) is -0.503. The van der Waals surface area contributed by atoms with Crippen LogP contribution >= 0.6 is 11.3 Å². The summed E-state index contributed by atoms with van der Waals surface area (Å²) in [6.45, 7) is 2.63. The lowest BCUT2D eigenvalue weighted by molar-refractivity contribution is 0.0566. The number of likely N-dealkylation sites (tertiary alicyclic amines) is 1. The largest absolute Gasteiger partial charge is 0.388 e. The minimum Gasteiger partial charge on any atom is -0.388 e. The van der Waals surface area contributed by atoms with Crippen LogP contribution in [0.25, 0.3) is 10.6 Å². The van der Waals surface area contributed by atoms with Crippen molar-refractivity contribution in [1.29, 1.82) is 0 Å². The lowest BCUT2D eigenvalue weighted by Crippen LogP contribution is -2.34. The monoisotopic (exact) mass is 278 g/mol. The fraction of sp³-hybridized carbons (Fsp3) is 0.385. The van der Waals surface area contributed by atoms with Gasteiger partial charge in [0.05, 0.1) is 10.5 Å². The van der Waals surface area contributed by atoms with Gasteiger partial charge in [-0.05, 0) is 24.8 Å². The summed E-state index contributed by atoms with van der Waals surface area (Å²) in [7, 11) is 0. The number of aliphatic hydroxyl groups is 1. The molecular formula is C13H14N2O3S. The maximum Gasteiger partial charge on any atom is 0.276 e. The summed E-state index contributed by atoms with van der Waals surface area (Å²) < 4.78 is 5.19. The Kier molecular flexibility index (Phi) is 2.91. The van der Waals surface area contributed by atoms with Gasteiger partial charge in [-0.3, -0.25) is 4.79 Å². The number of carbonyl (C=O) groups excluding carboxylic acids is 1. The van der Waals surface area contributed by atoms with Crippen molar-refractivity contribution in [1.82, 2.24) is 10.1 Å². The lowest BCUT2D eigenvalue weighted by atomic mass is 10.1. The molecule has 0 aromatic carbocycles. The van der Waals surface area contributed by atoms with Crippen LogP contribution in [0.2, 0.25) is 0 Å². The van der Waals surface area contributed by atoms with Gasteiger partial charge in [-0.2, -0.15) is 0 Å². The van der Waals surface area contributed by atoms with E-state index in [2.05, 4.69) is 5.16 Å². The number of hydrogen-bond donors (Lipinski definition) is 1. The van der Waals surface area contributed by atoms with Crippen LogP contribution in [0.3, 0.4) is 0 Å². The number of hydrogen-bond acceptors (Lipinski definition) is 5. The Bertz CT molecular complexity index is 589. The average molecular weight is 278 g/mol.